The van der Waals surface area contributed by atoms with Crippen molar-refractivity contribution in [3.05, 3.63) is 0 Å². The molecule has 0 bridgehead atoms. The van der Waals surface area contributed by atoms with Crippen LogP contribution in [0.4, 0.5) is 43.9 Å². The minimum absolute atomic E-state index is 2.74. The Hall–Kier alpha value is -0.740. The highest BCUT2D eigenvalue weighted by Crippen LogP contribution is 2.44. The Labute approximate surface area is 87.3 Å². The fourth-order valence-electron chi connectivity index (χ4n) is 0.655. The van der Waals surface area contributed by atoms with Gasteiger partial charge in [-0.15, -0.1) is 0 Å². The molecule has 0 spiro atoms. The van der Waals surface area contributed by atoms with Gasteiger partial charge in [-0.25, -0.2) is 4.39 Å². The molecule has 104 valence electrons. The molecular formula is C6H4F10O. The highest BCUT2D eigenvalue weighted by atomic mass is 19.4. The fourth-order valence-corrected chi connectivity index (χ4v) is 0.655. The van der Waals surface area contributed by atoms with E-state index >= 15 is 0 Å². The molecule has 0 amide bonds. The molecule has 0 saturated carbocycles. The number of hydrogen-bond acceptors (Lipinski definition) is 1. The number of alkyl halides is 10. The van der Waals surface area contributed by atoms with Crippen molar-refractivity contribution in [1.29, 1.82) is 0 Å². The lowest BCUT2D eigenvalue weighted by Crippen LogP contribution is -2.55. The Morgan fingerprint density at radius 2 is 1.24 bits per heavy atom. The number of rotatable bonds is 5. The van der Waals surface area contributed by atoms with E-state index < -0.39 is 37.4 Å². The molecule has 0 N–H and O–H groups in total. The Morgan fingerprint density at radius 1 is 0.824 bits per heavy atom. The molecule has 1 atom stereocenters. The standard InChI is InChI=1S/C6H4F10O/c7-2(6(14,15)16)5(12,13)4(10,11)1-17-3(8)9/h2-3H,1H2. The van der Waals surface area contributed by atoms with Gasteiger partial charge in [-0.2, -0.15) is 39.5 Å². The highest BCUT2D eigenvalue weighted by molar-refractivity contribution is 4.94. The molecule has 0 aromatic rings. The lowest BCUT2D eigenvalue weighted by Gasteiger charge is -2.29. The van der Waals surface area contributed by atoms with E-state index in [4.69, 9.17) is 0 Å². The second-order valence-electron chi connectivity index (χ2n) is 2.80. The summed E-state index contributed by atoms with van der Waals surface area (Å²) in [6.45, 7) is -6.64. The average Bonchev–Trinajstić information content (AvgIpc) is 2.11. The molecule has 0 aliphatic carbocycles. The van der Waals surface area contributed by atoms with Crippen molar-refractivity contribution in [2.24, 2.45) is 0 Å². The van der Waals surface area contributed by atoms with Gasteiger partial charge in [0.1, 0.15) is 6.61 Å². The summed E-state index contributed by atoms with van der Waals surface area (Å²) in [6, 6.07) is 0. The maximum Gasteiger partial charge on any atom is 0.425 e. The first-order chi connectivity index (χ1) is 7.32. The van der Waals surface area contributed by atoms with Crippen LogP contribution < -0.4 is 0 Å². The van der Waals surface area contributed by atoms with E-state index in [0.717, 1.165) is 0 Å². The van der Waals surface area contributed by atoms with Crippen molar-refractivity contribution >= 4 is 0 Å². The minimum atomic E-state index is -6.25. The Morgan fingerprint density at radius 3 is 1.53 bits per heavy atom. The Balaban J connectivity index is 4.89. The smallest absolute Gasteiger partial charge is 0.316 e. The van der Waals surface area contributed by atoms with E-state index in [1.807, 2.05) is 0 Å². The largest absolute Gasteiger partial charge is 0.425 e. The maximum absolute atomic E-state index is 12.4. The van der Waals surface area contributed by atoms with E-state index in [9.17, 15) is 43.9 Å². The molecule has 11 heteroatoms. The number of halogens is 10. The molecule has 0 aliphatic rings. The zero-order valence-electron chi connectivity index (χ0n) is 7.55. The molecule has 0 aliphatic heterocycles. The molecule has 0 radical (unpaired) electrons. The third-order valence-corrected chi connectivity index (χ3v) is 1.48. The molecule has 17 heavy (non-hydrogen) atoms. The van der Waals surface area contributed by atoms with E-state index in [0.29, 0.717) is 0 Å². The van der Waals surface area contributed by atoms with Gasteiger partial charge in [0.15, 0.2) is 0 Å². The van der Waals surface area contributed by atoms with Gasteiger partial charge in [-0.05, 0) is 0 Å². The van der Waals surface area contributed by atoms with Crippen molar-refractivity contribution in [3.63, 3.8) is 0 Å². The molecule has 0 saturated heterocycles. The number of ether oxygens (including phenoxy) is 1. The zero-order valence-corrected chi connectivity index (χ0v) is 7.55. The van der Waals surface area contributed by atoms with Gasteiger partial charge < -0.3 is 4.74 Å². The molecule has 0 rings (SSSR count). The Kier molecular flexibility index (Phi) is 4.65. The van der Waals surface area contributed by atoms with Crippen LogP contribution in [0.15, 0.2) is 0 Å². The van der Waals surface area contributed by atoms with Crippen LogP contribution in [0.25, 0.3) is 0 Å². The maximum atomic E-state index is 12.4. The van der Waals surface area contributed by atoms with Crippen LogP contribution in [0.1, 0.15) is 0 Å². The quantitative estimate of drug-likeness (QED) is 0.702. The molecule has 0 fully saturated rings. The van der Waals surface area contributed by atoms with E-state index in [1.165, 1.54) is 0 Å². The summed E-state index contributed by atoms with van der Waals surface area (Å²) in [5, 5.41) is 0. The van der Waals surface area contributed by atoms with Gasteiger partial charge in [0.25, 0.3) is 6.17 Å². The molecule has 1 nitrogen and oxygen atoms in total. The summed E-state index contributed by atoms with van der Waals surface area (Å²) in [4.78, 5) is 0. The predicted octanol–water partition coefficient (Wildman–Crippen LogP) is 3.40. The summed E-state index contributed by atoms with van der Waals surface area (Å²) in [5.41, 5.74) is 0. The summed E-state index contributed by atoms with van der Waals surface area (Å²) in [5.74, 6) is -11.9. The van der Waals surface area contributed by atoms with Crippen molar-refractivity contribution < 1.29 is 48.6 Å². The Bertz CT molecular complexity index is 246. The number of hydrogen-bond donors (Lipinski definition) is 0. The van der Waals surface area contributed by atoms with Crippen LogP contribution in [0.5, 0.6) is 0 Å². The van der Waals surface area contributed by atoms with Gasteiger partial charge in [0.05, 0.1) is 0 Å². The third kappa shape index (κ3) is 3.89. The van der Waals surface area contributed by atoms with E-state index in [2.05, 4.69) is 4.74 Å². The first-order valence-corrected chi connectivity index (χ1v) is 3.68. The van der Waals surface area contributed by atoms with Crippen molar-refractivity contribution in [1.82, 2.24) is 0 Å². The molecule has 1 unspecified atom stereocenters. The van der Waals surface area contributed by atoms with Crippen LogP contribution in [0.2, 0.25) is 0 Å². The lowest BCUT2D eigenvalue weighted by atomic mass is 10.1. The lowest BCUT2D eigenvalue weighted by molar-refractivity contribution is -0.322. The fraction of sp³-hybridized carbons (Fsp3) is 1.00. The van der Waals surface area contributed by atoms with Crippen LogP contribution in [0.3, 0.4) is 0 Å². The first-order valence-electron chi connectivity index (χ1n) is 3.68. The highest BCUT2D eigenvalue weighted by Gasteiger charge is 2.69. The van der Waals surface area contributed by atoms with Crippen molar-refractivity contribution in [2.45, 2.75) is 30.8 Å². The average molecular weight is 282 g/mol. The van der Waals surface area contributed by atoms with Crippen LogP contribution in [0, 0.1) is 0 Å². The van der Waals surface area contributed by atoms with Gasteiger partial charge in [0, 0.05) is 0 Å². The molecule has 0 aromatic carbocycles. The van der Waals surface area contributed by atoms with Gasteiger partial charge in [-0.3, -0.25) is 0 Å². The monoisotopic (exact) mass is 282 g/mol. The van der Waals surface area contributed by atoms with Crippen molar-refractivity contribution in [3.8, 4) is 0 Å². The molecular weight excluding hydrogens is 278 g/mol. The predicted molar refractivity (Wildman–Crippen MR) is 32.8 cm³/mol. The van der Waals surface area contributed by atoms with Gasteiger partial charge >= 0.3 is 24.6 Å². The minimum Gasteiger partial charge on any atom is -0.316 e. The summed E-state index contributed by atoms with van der Waals surface area (Å²) in [7, 11) is 0. The summed E-state index contributed by atoms with van der Waals surface area (Å²) >= 11 is 0. The summed E-state index contributed by atoms with van der Waals surface area (Å²) < 4.78 is 121. The van der Waals surface area contributed by atoms with Crippen LogP contribution in [-0.2, 0) is 4.74 Å². The van der Waals surface area contributed by atoms with Crippen molar-refractivity contribution in [2.75, 3.05) is 6.61 Å². The first kappa shape index (κ1) is 16.3. The third-order valence-electron chi connectivity index (χ3n) is 1.48. The van der Waals surface area contributed by atoms with Gasteiger partial charge in [-0.1, -0.05) is 0 Å². The summed E-state index contributed by atoms with van der Waals surface area (Å²) in [6.07, 6.45) is -11.4. The topological polar surface area (TPSA) is 9.23 Å². The second-order valence-corrected chi connectivity index (χ2v) is 2.80. The normalized spacial score (nSPS) is 16.4. The van der Waals surface area contributed by atoms with Crippen LogP contribution >= 0.6 is 0 Å². The van der Waals surface area contributed by atoms with E-state index in [-0.39, 0.29) is 0 Å². The molecule has 0 aromatic heterocycles. The SMILES string of the molecule is FC(F)OCC(F)(F)C(F)(F)C(F)C(F)(F)F. The molecule has 0 heterocycles. The second kappa shape index (κ2) is 4.86. The van der Waals surface area contributed by atoms with Gasteiger partial charge in [0.2, 0.25) is 0 Å². The zero-order chi connectivity index (χ0) is 14.1. The van der Waals surface area contributed by atoms with Crippen LogP contribution in [-0.4, -0.2) is 37.4 Å². The van der Waals surface area contributed by atoms with E-state index in [1.54, 1.807) is 0 Å².